The van der Waals surface area contributed by atoms with Gasteiger partial charge in [-0.1, -0.05) is 25.4 Å². The van der Waals surface area contributed by atoms with Crippen LogP contribution in [0.15, 0.2) is 18.2 Å². The van der Waals surface area contributed by atoms with Crippen molar-refractivity contribution in [2.24, 2.45) is 11.3 Å². The summed E-state index contributed by atoms with van der Waals surface area (Å²) in [5.74, 6) is -2.20. The minimum atomic E-state index is -0.968. The highest BCUT2D eigenvalue weighted by Gasteiger charge is 2.48. The van der Waals surface area contributed by atoms with Gasteiger partial charge in [-0.15, -0.1) is 0 Å². The Morgan fingerprint density at radius 1 is 1.43 bits per heavy atom. The van der Waals surface area contributed by atoms with E-state index in [1.165, 1.54) is 17.0 Å². The first-order valence-corrected chi connectivity index (χ1v) is 7.13. The second kappa shape index (κ2) is 5.64. The Bertz CT molecular complexity index is 590. The molecule has 0 radical (unpaired) electrons. The van der Waals surface area contributed by atoms with E-state index in [1.807, 2.05) is 13.8 Å². The van der Waals surface area contributed by atoms with Crippen molar-refractivity contribution < 1.29 is 19.1 Å². The summed E-state index contributed by atoms with van der Waals surface area (Å²) in [4.78, 5) is 25.3. The number of carbonyl (C=O) groups is 2. The number of aliphatic carboxylic acids is 1. The lowest BCUT2D eigenvalue weighted by Crippen LogP contribution is -2.40. The van der Waals surface area contributed by atoms with Gasteiger partial charge in [-0.05, 0) is 30.5 Å². The monoisotopic (exact) mass is 313 g/mol. The van der Waals surface area contributed by atoms with Crippen molar-refractivity contribution in [3.05, 3.63) is 34.6 Å². The summed E-state index contributed by atoms with van der Waals surface area (Å²) < 4.78 is 13.8. The molecule has 1 unspecified atom stereocenters. The molecule has 21 heavy (non-hydrogen) atoms. The molecule has 4 nitrogen and oxygen atoms in total. The molecule has 1 aromatic rings. The number of nitrogens with zero attached hydrogens (tertiary/aromatic N) is 1. The Labute approximate surface area is 127 Å². The maximum Gasteiger partial charge on any atom is 0.311 e. The van der Waals surface area contributed by atoms with Gasteiger partial charge in [0.1, 0.15) is 5.82 Å². The highest BCUT2D eigenvalue weighted by molar-refractivity contribution is 6.31. The van der Waals surface area contributed by atoms with Gasteiger partial charge in [-0.2, -0.15) is 0 Å². The normalized spacial score (nSPS) is 21.9. The van der Waals surface area contributed by atoms with Gasteiger partial charge < -0.3 is 10.0 Å². The molecular formula is C15H17ClFNO3. The highest BCUT2D eigenvalue weighted by atomic mass is 35.5. The van der Waals surface area contributed by atoms with Crippen molar-refractivity contribution in [2.75, 3.05) is 13.1 Å². The summed E-state index contributed by atoms with van der Waals surface area (Å²) >= 11 is 5.79. The van der Waals surface area contributed by atoms with E-state index in [2.05, 4.69) is 0 Å². The molecule has 1 aliphatic heterocycles. The van der Waals surface area contributed by atoms with Crippen LogP contribution in [0.3, 0.4) is 0 Å². The fraction of sp³-hybridized carbons (Fsp3) is 0.467. The molecule has 1 aliphatic rings. The standard InChI is InChI=1S/C15H17ClFNO3/c1-9(2)15(14(20)21)5-6-18(8-15)13(19)11-7-10(16)3-4-12(11)17/h3-4,7,9H,5-6,8H2,1-2H3,(H,20,21). The molecule has 1 heterocycles. The maximum absolute atomic E-state index is 13.8. The van der Waals surface area contributed by atoms with Gasteiger partial charge in [0.2, 0.25) is 0 Å². The number of rotatable bonds is 3. The van der Waals surface area contributed by atoms with Crippen molar-refractivity contribution >= 4 is 23.5 Å². The van der Waals surface area contributed by atoms with Gasteiger partial charge >= 0.3 is 5.97 Å². The summed E-state index contributed by atoms with van der Waals surface area (Å²) in [5.41, 5.74) is -1.09. The number of amides is 1. The Kier molecular flexibility index (Phi) is 4.23. The van der Waals surface area contributed by atoms with Gasteiger partial charge in [0, 0.05) is 18.1 Å². The minimum absolute atomic E-state index is 0.0881. The van der Waals surface area contributed by atoms with Crippen LogP contribution >= 0.6 is 11.6 Å². The van der Waals surface area contributed by atoms with E-state index in [-0.39, 0.29) is 23.0 Å². The first-order chi connectivity index (χ1) is 9.78. The number of carboxylic acid groups (broad SMARTS) is 1. The van der Waals surface area contributed by atoms with E-state index < -0.39 is 23.1 Å². The predicted octanol–water partition coefficient (Wildman–Crippen LogP) is 3.05. The van der Waals surface area contributed by atoms with Crippen LogP contribution in [0.25, 0.3) is 0 Å². The minimum Gasteiger partial charge on any atom is -0.481 e. The molecule has 0 aliphatic carbocycles. The van der Waals surface area contributed by atoms with Gasteiger partial charge in [-0.3, -0.25) is 9.59 Å². The van der Waals surface area contributed by atoms with Gasteiger partial charge in [0.25, 0.3) is 5.91 Å². The van der Waals surface area contributed by atoms with Gasteiger partial charge in [-0.25, -0.2) is 4.39 Å². The first-order valence-electron chi connectivity index (χ1n) is 6.75. The average molecular weight is 314 g/mol. The number of carboxylic acids is 1. The topological polar surface area (TPSA) is 57.6 Å². The molecule has 1 saturated heterocycles. The van der Waals surface area contributed by atoms with Crippen LogP contribution in [0, 0.1) is 17.2 Å². The van der Waals surface area contributed by atoms with E-state index in [0.717, 1.165) is 6.07 Å². The molecule has 1 fully saturated rings. The lowest BCUT2D eigenvalue weighted by Gasteiger charge is -2.28. The lowest BCUT2D eigenvalue weighted by molar-refractivity contribution is -0.150. The molecule has 0 saturated carbocycles. The van der Waals surface area contributed by atoms with Crippen LogP contribution in [-0.4, -0.2) is 35.0 Å². The summed E-state index contributed by atoms with van der Waals surface area (Å²) in [6.45, 7) is 4.03. The molecule has 6 heteroatoms. The van der Waals surface area contributed by atoms with Crippen LogP contribution in [0.1, 0.15) is 30.6 Å². The SMILES string of the molecule is CC(C)C1(C(=O)O)CCN(C(=O)c2cc(Cl)ccc2F)C1. The molecule has 0 bridgehead atoms. The molecule has 2 rings (SSSR count). The highest BCUT2D eigenvalue weighted by Crippen LogP contribution is 2.38. The van der Waals surface area contributed by atoms with Gasteiger partial charge in [0.05, 0.1) is 11.0 Å². The first kappa shape index (κ1) is 15.8. The largest absolute Gasteiger partial charge is 0.481 e. The molecule has 1 N–H and O–H groups in total. The van der Waals surface area contributed by atoms with Crippen molar-refractivity contribution in [3.63, 3.8) is 0 Å². The molecule has 1 aromatic carbocycles. The number of carbonyl (C=O) groups excluding carboxylic acids is 1. The van der Waals surface area contributed by atoms with E-state index in [1.54, 1.807) is 0 Å². The summed E-state index contributed by atoms with van der Waals surface area (Å²) in [5, 5.41) is 9.74. The molecule has 0 spiro atoms. The molecule has 1 amide bonds. The number of hydrogen-bond donors (Lipinski definition) is 1. The Hall–Kier alpha value is -1.62. The van der Waals surface area contributed by atoms with E-state index in [9.17, 15) is 19.1 Å². The van der Waals surface area contributed by atoms with Crippen LogP contribution in [0.4, 0.5) is 4.39 Å². The number of likely N-dealkylation sites (tertiary alicyclic amines) is 1. The fourth-order valence-electron chi connectivity index (χ4n) is 2.73. The lowest BCUT2D eigenvalue weighted by atomic mass is 9.76. The second-order valence-electron chi connectivity index (χ2n) is 5.72. The second-order valence-corrected chi connectivity index (χ2v) is 6.15. The molecular weight excluding hydrogens is 297 g/mol. The third-order valence-corrected chi connectivity index (χ3v) is 4.51. The van der Waals surface area contributed by atoms with Crippen LogP contribution in [0.2, 0.25) is 5.02 Å². The van der Waals surface area contributed by atoms with E-state index in [4.69, 9.17) is 11.6 Å². The van der Waals surface area contributed by atoms with Crippen molar-refractivity contribution in [2.45, 2.75) is 20.3 Å². The summed E-state index contributed by atoms with van der Waals surface area (Å²) in [6.07, 6.45) is 0.369. The third kappa shape index (κ3) is 2.75. The van der Waals surface area contributed by atoms with Crippen LogP contribution < -0.4 is 0 Å². The number of benzene rings is 1. The van der Waals surface area contributed by atoms with Gasteiger partial charge in [0.15, 0.2) is 0 Å². The zero-order valence-electron chi connectivity index (χ0n) is 11.9. The summed E-state index contributed by atoms with van der Waals surface area (Å²) in [6, 6.07) is 3.78. The van der Waals surface area contributed by atoms with Crippen molar-refractivity contribution in [3.8, 4) is 0 Å². The number of halogens is 2. The molecule has 0 aromatic heterocycles. The van der Waals surface area contributed by atoms with Crippen LogP contribution in [0.5, 0.6) is 0 Å². The third-order valence-electron chi connectivity index (χ3n) is 4.28. The predicted molar refractivity (Wildman–Crippen MR) is 76.8 cm³/mol. The van der Waals surface area contributed by atoms with E-state index in [0.29, 0.717) is 13.0 Å². The quantitative estimate of drug-likeness (QED) is 0.933. The van der Waals surface area contributed by atoms with Crippen LogP contribution in [-0.2, 0) is 4.79 Å². The van der Waals surface area contributed by atoms with Crippen molar-refractivity contribution in [1.82, 2.24) is 4.90 Å². The Morgan fingerprint density at radius 2 is 2.10 bits per heavy atom. The number of hydrogen-bond acceptors (Lipinski definition) is 2. The Morgan fingerprint density at radius 3 is 2.62 bits per heavy atom. The zero-order valence-corrected chi connectivity index (χ0v) is 12.7. The molecule has 114 valence electrons. The Balaban J connectivity index is 2.27. The molecule has 1 atom stereocenters. The summed E-state index contributed by atoms with van der Waals surface area (Å²) in [7, 11) is 0. The average Bonchev–Trinajstić information content (AvgIpc) is 2.87. The smallest absolute Gasteiger partial charge is 0.311 e. The maximum atomic E-state index is 13.8. The van der Waals surface area contributed by atoms with Crippen molar-refractivity contribution in [1.29, 1.82) is 0 Å². The van der Waals surface area contributed by atoms with E-state index >= 15 is 0 Å². The zero-order chi connectivity index (χ0) is 15.8. The fourth-order valence-corrected chi connectivity index (χ4v) is 2.90.